The summed E-state index contributed by atoms with van der Waals surface area (Å²) in [5, 5.41) is 11.5. The van der Waals surface area contributed by atoms with Crippen molar-refractivity contribution >= 4 is 23.5 Å². The normalized spacial score (nSPS) is 25.8. The van der Waals surface area contributed by atoms with Gasteiger partial charge in [-0.1, -0.05) is 11.6 Å². The lowest BCUT2D eigenvalue weighted by Crippen LogP contribution is -2.36. The van der Waals surface area contributed by atoms with Crippen molar-refractivity contribution in [1.82, 2.24) is 15.1 Å². The maximum absolute atomic E-state index is 12.2. The lowest BCUT2D eigenvalue weighted by atomic mass is 10.0. The van der Waals surface area contributed by atoms with Gasteiger partial charge < -0.3 is 15.0 Å². The van der Waals surface area contributed by atoms with Gasteiger partial charge in [-0.15, -0.1) is 10.2 Å². The van der Waals surface area contributed by atoms with Gasteiger partial charge in [0.05, 0.1) is 0 Å². The number of hydrogen-bond donors (Lipinski definition) is 1. The van der Waals surface area contributed by atoms with E-state index >= 15 is 0 Å². The molecule has 2 heterocycles. The zero-order chi connectivity index (χ0) is 18.0. The average molecular weight is 367 g/mol. The highest BCUT2D eigenvalue weighted by Gasteiger charge is 2.42. The number of rotatable bonds is 4. The van der Waals surface area contributed by atoms with Crippen molar-refractivity contribution in [3.63, 3.8) is 0 Å². The van der Waals surface area contributed by atoms with Crippen LogP contribution in [0.2, 0.25) is 5.15 Å². The lowest BCUT2D eigenvalue weighted by molar-refractivity contribution is 0.0277. The summed E-state index contributed by atoms with van der Waals surface area (Å²) in [6.45, 7) is 8.30. The minimum atomic E-state index is -0.423. The third kappa shape index (κ3) is 4.97. The predicted octanol–water partition coefficient (Wildman–Crippen LogP) is 3.83. The Balaban J connectivity index is 1.39. The fourth-order valence-electron chi connectivity index (χ4n) is 3.95. The number of halogens is 1. The van der Waals surface area contributed by atoms with Crippen LogP contribution >= 0.6 is 11.6 Å². The molecule has 1 N–H and O–H groups in total. The van der Waals surface area contributed by atoms with Crippen molar-refractivity contribution in [2.24, 2.45) is 17.8 Å². The molecule has 2 aliphatic rings. The molecule has 2 unspecified atom stereocenters. The van der Waals surface area contributed by atoms with Crippen LogP contribution in [0.15, 0.2) is 12.1 Å². The van der Waals surface area contributed by atoms with Gasteiger partial charge >= 0.3 is 6.09 Å². The maximum Gasteiger partial charge on any atom is 0.410 e. The van der Waals surface area contributed by atoms with Crippen molar-refractivity contribution in [3.05, 3.63) is 17.3 Å². The molecule has 1 saturated heterocycles. The van der Waals surface area contributed by atoms with Gasteiger partial charge in [0.25, 0.3) is 0 Å². The zero-order valence-corrected chi connectivity index (χ0v) is 15.9. The lowest BCUT2D eigenvalue weighted by Gasteiger charge is -2.25. The first-order chi connectivity index (χ1) is 11.8. The molecule has 1 aliphatic heterocycles. The molecule has 25 heavy (non-hydrogen) atoms. The molecule has 1 aromatic rings. The summed E-state index contributed by atoms with van der Waals surface area (Å²) in [6.07, 6.45) is 3.33. The highest BCUT2D eigenvalue weighted by atomic mass is 35.5. The second-order valence-corrected chi connectivity index (χ2v) is 8.59. The van der Waals surface area contributed by atoms with E-state index in [4.69, 9.17) is 16.3 Å². The van der Waals surface area contributed by atoms with Crippen LogP contribution in [-0.2, 0) is 4.74 Å². The monoisotopic (exact) mass is 366 g/mol. The molecule has 6 nitrogen and oxygen atoms in total. The van der Waals surface area contributed by atoms with Crippen molar-refractivity contribution in [3.8, 4) is 0 Å². The summed E-state index contributed by atoms with van der Waals surface area (Å²) in [5.74, 6) is 2.71. The van der Waals surface area contributed by atoms with Crippen LogP contribution in [0.25, 0.3) is 0 Å². The fourth-order valence-corrected chi connectivity index (χ4v) is 4.05. The SMILES string of the molecule is CC(C)(C)OC(=O)N1CC2CC(CCNc3ccc(Cl)nn3)C[C@@H]2C1. The number of aromatic nitrogens is 2. The van der Waals surface area contributed by atoms with Gasteiger partial charge in [-0.05, 0) is 69.9 Å². The number of anilines is 1. The zero-order valence-electron chi connectivity index (χ0n) is 15.2. The van der Waals surface area contributed by atoms with Gasteiger partial charge in [-0.3, -0.25) is 0 Å². The number of carbonyl (C=O) groups is 1. The van der Waals surface area contributed by atoms with E-state index in [1.165, 1.54) is 12.8 Å². The highest BCUT2D eigenvalue weighted by Crippen LogP contribution is 2.43. The van der Waals surface area contributed by atoms with Crippen molar-refractivity contribution in [1.29, 1.82) is 0 Å². The average Bonchev–Trinajstić information content (AvgIpc) is 3.06. The number of nitrogens with zero attached hydrogens (tertiary/aromatic N) is 3. The molecule has 0 radical (unpaired) electrons. The Morgan fingerprint density at radius 3 is 2.52 bits per heavy atom. The second kappa shape index (κ2) is 7.36. The molecule has 7 heteroatoms. The largest absolute Gasteiger partial charge is 0.444 e. The van der Waals surface area contributed by atoms with Crippen LogP contribution in [-0.4, -0.2) is 46.4 Å². The Morgan fingerprint density at radius 1 is 1.28 bits per heavy atom. The maximum atomic E-state index is 12.2. The van der Waals surface area contributed by atoms with Crippen LogP contribution in [0.3, 0.4) is 0 Å². The summed E-state index contributed by atoms with van der Waals surface area (Å²) in [7, 11) is 0. The van der Waals surface area contributed by atoms with Gasteiger partial charge in [0.1, 0.15) is 11.4 Å². The van der Waals surface area contributed by atoms with E-state index in [0.29, 0.717) is 22.9 Å². The summed E-state index contributed by atoms with van der Waals surface area (Å²) in [5.41, 5.74) is -0.423. The number of amides is 1. The molecular weight excluding hydrogens is 340 g/mol. The van der Waals surface area contributed by atoms with Gasteiger partial charge in [-0.2, -0.15) is 0 Å². The molecule has 3 atom stereocenters. The van der Waals surface area contributed by atoms with E-state index in [1.54, 1.807) is 6.07 Å². The van der Waals surface area contributed by atoms with E-state index in [2.05, 4.69) is 15.5 Å². The first-order valence-electron chi connectivity index (χ1n) is 9.01. The van der Waals surface area contributed by atoms with Crippen LogP contribution < -0.4 is 5.32 Å². The van der Waals surface area contributed by atoms with Crippen LogP contribution in [0.1, 0.15) is 40.0 Å². The number of ether oxygens (including phenoxy) is 1. The van der Waals surface area contributed by atoms with Crippen molar-refractivity contribution in [2.75, 3.05) is 25.0 Å². The molecule has 0 spiro atoms. The van der Waals surface area contributed by atoms with E-state index in [1.807, 2.05) is 31.7 Å². The summed E-state index contributed by atoms with van der Waals surface area (Å²) < 4.78 is 5.49. The van der Waals surface area contributed by atoms with Gasteiger partial charge in [-0.25, -0.2) is 4.79 Å². The quantitative estimate of drug-likeness (QED) is 0.877. The van der Waals surface area contributed by atoms with Gasteiger partial charge in [0, 0.05) is 19.6 Å². The first-order valence-corrected chi connectivity index (χ1v) is 9.39. The number of carbonyl (C=O) groups excluding carboxylic acids is 1. The number of likely N-dealkylation sites (tertiary alicyclic amines) is 1. The fraction of sp³-hybridized carbons (Fsp3) is 0.722. The molecule has 1 aliphatic carbocycles. The van der Waals surface area contributed by atoms with Crippen molar-refractivity contribution < 1.29 is 9.53 Å². The summed E-state index contributed by atoms with van der Waals surface area (Å²) >= 11 is 5.73. The number of nitrogens with one attached hydrogen (secondary N) is 1. The summed E-state index contributed by atoms with van der Waals surface area (Å²) in [6, 6.07) is 3.58. The molecule has 1 saturated carbocycles. The molecule has 1 amide bonds. The molecule has 2 fully saturated rings. The Bertz CT molecular complexity index is 588. The van der Waals surface area contributed by atoms with E-state index < -0.39 is 5.60 Å². The Labute approximate surface area is 154 Å². The van der Waals surface area contributed by atoms with Crippen molar-refractivity contribution in [2.45, 2.75) is 45.6 Å². The Kier molecular flexibility index (Phi) is 5.37. The molecule has 1 aromatic heterocycles. The number of hydrogen-bond acceptors (Lipinski definition) is 5. The van der Waals surface area contributed by atoms with E-state index in [-0.39, 0.29) is 6.09 Å². The Hall–Kier alpha value is -1.56. The van der Waals surface area contributed by atoms with E-state index in [0.717, 1.165) is 31.9 Å². The first kappa shape index (κ1) is 18.2. The highest BCUT2D eigenvalue weighted by molar-refractivity contribution is 6.29. The topological polar surface area (TPSA) is 67.3 Å². The van der Waals surface area contributed by atoms with E-state index in [9.17, 15) is 4.79 Å². The smallest absolute Gasteiger partial charge is 0.410 e. The van der Waals surface area contributed by atoms with Gasteiger partial charge in [0.15, 0.2) is 5.15 Å². The van der Waals surface area contributed by atoms with Gasteiger partial charge in [0.2, 0.25) is 0 Å². The molecule has 0 aromatic carbocycles. The summed E-state index contributed by atoms with van der Waals surface area (Å²) in [4.78, 5) is 14.1. The molecular formula is C18H27ClN4O2. The minimum absolute atomic E-state index is 0.165. The third-order valence-corrected chi connectivity index (χ3v) is 5.19. The Morgan fingerprint density at radius 2 is 1.96 bits per heavy atom. The standard InChI is InChI=1S/C18H27ClN4O2/c1-18(2,3)25-17(24)23-10-13-8-12(9-14(13)11-23)6-7-20-16-5-4-15(19)21-22-16/h4-5,12-14H,6-11H2,1-3H3,(H,20,22)/t12?,13-,14?/m1/s1. The van der Waals surface area contributed by atoms with Crippen LogP contribution in [0, 0.1) is 17.8 Å². The molecule has 138 valence electrons. The van der Waals surface area contributed by atoms with Crippen LogP contribution in [0.4, 0.5) is 10.6 Å². The third-order valence-electron chi connectivity index (χ3n) is 4.99. The predicted molar refractivity (Wildman–Crippen MR) is 97.7 cm³/mol. The minimum Gasteiger partial charge on any atom is -0.444 e. The number of fused-ring (bicyclic) bond motifs is 1. The van der Waals surface area contributed by atoms with Crippen LogP contribution in [0.5, 0.6) is 0 Å². The molecule has 3 rings (SSSR count). The second-order valence-electron chi connectivity index (χ2n) is 8.20. The molecule has 0 bridgehead atoms.